The summed E-state index contributed by atoms with van der Waals surface area (Å²) in [7, 11) is -3.69. The highest BCUT2D eigenvalue weighted by molar-refractivity contribution is 7.89. The van der Waals surface area contributed by atoms with Crippen LogP contribution in [0.2, 0.25) is 0 Å². The first-order valence-electron chi connectivity index (χ1n) is 9.43. The van der Waals surface area contributed by atoms with Gasteiger partial charge in [0.1, 0.15) is 0 Å². The Balaban J connectivity index is 1.85. The van der Waals surface area contributed by atoms with Crippen molar-refractivity contribution in [2.45, 2.75) is 50.3 Å². The molecule has 0 saturated heterocycles. The van der Waals surface area contributed by atoms with Crippen molar-refractivity contribution in [2.24, 2.45) is 5.10 Å². The maximum atomic E-state index is 12.6. The van der Waals surface area contributed by atoms with Gasteiger partial charge in [-0.3, -0.25) is 0 Å². The van der Waals surface area contributed by atoms with E-state index in [4.69, 9.17) is 0 Å². The van der Waals surface area contributed by atoms with Crippen LogP contribution in [0.3, 0.4) is 0 Å². The fourth-order valence-corrected chi connectivity index (χ4v) is 4.01. The summed E-state index contributed by atoms with van der Waals surface area (Å²) in [4.78, 5) is 2.65. The number of nitrogens with zero attached hydrogens (tertiary/aromatic N) is 1. The molecule has 0 heterocycles. The Morgan fingerprint density at radius 2 is 1.74 bits per heavy atom. The molecule has 1 aliphatic carbocycles. The van der Waals surface area contributed by atoms with Gasteiger partial charge in [0.05, 0.1) is 10.6 Å². The van der Waals surface area contributed by atoms with Crippen molar-refractivity contribution in [1.29, 1.82) is 0 Å². The molecule has 0 unspecified atom stereocenters. The Hall–Kier alpha value is -2.40. The van der Waals surface area contributed by atoms with Crippen LogP contribution in [0.1, 0.15) is 49.7 Å². The van der Waals surface area contributed by atoms with Crippen molar-refractivity contribution >= 4 is 15.7 Å². The van der Waals surface area contributed by atoms with Crippen LogP contribution in [0, 0.1) is 6.92 Å². The zero-order valence-corrected chi connectivity index (χ0v) is 16.5. The van der Waals surface area contributed by atoms with E-state index in [-0.39, 0.29) is 4.90 Å². The summed E-state index contributed by atoms with van der Waals surface area (Å²) in [6.45, 7) is 1.93. The first-order chi connectivity index (χ1) is 13.0. The lowest BCUT2D eigenvalue weighted by Crippen LogP contribution is -2.21. The highest BCUT2D eigenvalue weighted by Crippen LogP contribution is 2.22. The van der Waals surface area contributed by atoms with Gasteiger partial charge >= 0.3 is 0 Å². The summed E-state index contributed by atoms with van der Waals surface area (Å²) in [5, 5.41) is 4.33. The lowest BCUT2D eigenvalue weighted by atomic mass is 9.99. The summed E-state index contributed by atoms with van der Waals surface area (Å²) in [5.41, 5.74) is 4.04. The summed E-state index contributed by atoms with van der Waals surface area (Å²) < 4.78 is 25.2. The smallest absolute Gasteiger partial charge is 0.200 e. The number of hydrogen-bond donors (Lipinski definition) is 1. The monoisotopic (exact) mass is 382 g/mol. The van der Waals surface area contributed by atoms with E-state index >= 15 is 0 Å². The number of benzene rings is 2. The normalized spacial score (nSPS) is 15.7. The second kappa shape index (κ2) is 9.00. The third-order valence-electron chi connectivity index (χ3n) is 4.77. The molecule has 0 radical (unpaired) electrons. The molecule has 142 valence electrons. The minimum absolute atomic E-state index is 0.220. The molecule has 2 aromatic rings. The van der Waals surface area contributed by atoms with Crippen molar-refractivity contribution in [2.75, 3.05) is 0 Å². The van der Waals surface area contributed by atoms with Gasteiger partial charge in [0, 0.05) is 6.42 Å². The standard InChI is InChI=1S/C22H26N2O2S/c1-18-13-15-21(16-14-18)27(25,26)24-23-22(20-11-7-4-8-12-20)17-19-9-5-2-3-6-10-19/h4,7-9,11-16,24H,2-3,5-6,10,17H2,1H3/b23-22-. The van der Waals surface area contributed by atoms with E-state index in [0.717, 1.165) is 29.7 Å². The molecule has 0 aromatic heterocycles. The molecular formula is C22H26N2O2S. The highest BCUT2D eigenvalue weighted by atomic mass is 32.2. The van der Waals surface area contributed by atoms with Crippen molar-refractivity contribution in [3.63, 3.8) is 0 Å². The molecule has 4 nitrogen and oxygen atoms in total. The molecule has 3 rings (SSSR count). The third-order valence-corrected chi connectivity index (χ3v) is 5.99. The van der Waals surface area contributed by atoms with Crippen LogP contribution in [0.5, 0.6) is 0 Å². The van der Waals surface area contributed by atoms with Gasteiger partial charge < -0.3 is 0 Å². The number of rotatable bonds is 6. The summed E-state index contributed by atoms with van der Waals surface area (Å²) in [6, 6.07) is 16.5. The van der Waals surface area contributed by atoms with E-state index in [9.17, 15) is 8.42 Å². The minimum atomic E-state index is -3.69. The average Bonchev–Trinajstić information content (AvgIpc) is 2.95. The van der Waals surface area contributed by atoms with Gasteiger partial charge in [0.25, 0.3) is 10.0 Å². The zero-order chi connectivity index (χ0) is 19.1. The van der Waals surface area contributed by atoms with E-state index in [1.807, 2.05) is 37.3 Å². The lowest BCUT2D eigenvalue weighted by molar-refractivity contribution is 0.584. The lowest BCUT2D eigenvalue weighted by Gasteiger charge is -2.11. The van der Waals surface area contributed by atoms with Gasteiger partial charge in [-0.15, -0.1) is 0 Å². The fraction of sp³-hybridized carbons (Fsp3) is 0.318. The molecule has 0 aliphatic heterocycles. The largest absolute Gasteiger partial charge is 0.276 e. The quantitative estimate of drug-likeness (QED) is 0.436. The van der Waals surface area contributed by atoms with Crippen molar-refractivity contribution < 1.29 is 8.42 Å². The molecular weight excluding hydrogens is 356 g/mol. The predicted octanol–water partition coefficient (Wildman–Crippen LogP) is 4.96. The number of hydrazone groups is 1. The number of hydrogen-bond acceptors (Lipinski definition) is 3. The molecule has 1 aliphatic rings. The minimum Gasteiger partial charge on any atom is -0.200 e. The van der Waals surface area contributed by atoms with E-state index in [2.05, 4.69) is 16.0 Å². The molecule has 0 spiro atoms. The number of sulfonamides is 1. The second-order valence-corrected chi connectivity index (χ2v) is 8.63. The fourth-order valence-electron chi connectivity index (χ4n) is 3.18. The maximum absolute atomic E-state index is 12.6. The van der Waals surface area contributed by atoms with Gasteiger partial charge in [-0.2, -0.15) is 18.4 Å². The summed E-state index contributed by atoms with van der Waals surface area (Å²) >= 11 is 0. The van der Waals surface area contributed by atoms with Gasteiger partial charge in [-0.1, -0.05) is 66.1 Å². The predicted molar refractivity (Wildman–Crippen MR) is 110 cm³/mol. The molecule has 27 heavy (non-hydrogen) atoms. The number of nitrogens with one attached hydrogen (secondary N) is 1. The Labute approximate surface area is 162 Å². The second-order valence-electron chi connectivity index (χ2n) is 6.97. The average molecular weight is 383 g/mol. The molecule has 2 aromatic carbocycles. The van der Waals surface area contributed by atoms with Crippen molar-refractivity contribution in [3.05, 3.63) is 77.4 Å². The summed E-state index contributed by atoms with van der Waals surface area (Å²) in [5.74, 6) is 0. The van der Waals surface area contributed by atoms with Crippen molar-refractivity contribution in [3.8, 4) is 0 Å². The molecule has 0 bridgehead atoms. The molecule has 0 fully saturated rings. The van der Waals surface area contributed by atoms with Crippen molar-refractivity contribution in [1.82, 2.24) is 4.83 Å². The number of aryl methyl sites for hydroxylation is 1. The van der Waals surface area contributed by atoms with Crippen LogP contribution >= 0.6 is 0 Å². The van der Waals surface area contributed by atoms with E-state index in [1.54, 1.807) is 24.3 Å². The van der Waals surface area contributed by atoms with E-state index < -0.39 is 10.0 Å². The first-order valence-corrected chi connectivity index (χ1v) is 10.9. The maximum Gasteiger partial charge on any atom is 0.276 e. The Kier molecular flexibility index (Phi) is 6.45. The topological polar surface area (TPSA) is 58.5 Å². The van der Waals surface area contributed by atoms with Crippen LogP contribution < -0.4 is 4.83 Å². The SMILES string of the molecule is Cc1ccc(S(=O)(=O)N/N=C(/CC2=CCCCCC2)c2ccccc2)cc1. The van der Waals surface area contributed by atoms with Crippen LogP contribution in [-0.2, 0) is 10.0 Å². The highest BCUT2D eigenvalue weighted by Gasteiger charge is 2.15. The van der Waals surface area contributed by atoms with Crippen LogP contribution in [0.25, 0.3) is 0 Å². The van der Waals surface area contributed by atoms with E-state index in [0.29, 0.717) is 6.42 Å². The Bertz CT molecular complexity index is 915. The molecule has 1 N–H and O–H groups in total. The molecule has 5 heteroatoms. The molecule has 0 saturated carbocycles. The summed E-state index contributed by atoms with van der Waals surface area (Å²) in [6.07, 6.45) is 8.76. The van der Waals surface area contributed by atoms with Gasteiger partial charge in [-0.25, -0.2) is 0 Å². The molecule has 0 amide bonds. The number of allylic oxidation sites excluding steroid dienone is 2. The van der Waals surface area contributed by atoms with E-state index in [1.165, 1.54) is 24.8 Å². The Morgan fingerprint density at radius 3 is 2.48 bits per heavy atom. The van der Waals surface area contributed by atoms with Gasteiger partial charge in [0.2, 0.25) is 0 Å². The zero-order valence-electron chi connectivity index (χ0n) is 15.7. The first kappa shape index (κ1) is 19.4. The van der Waals surface area contributed by atoms with Crippen LogP contribution in [0.4, 0.5) is 0 Å². The Morgan fingerprint density at radius 1 is 1.00 bits per heavy atom. The third kappa shape index (κ3) is 5.54. The van der Waals surface area contributed by atoms with Gasteiger partial charge in [-0.05, 0) is 50.3 Å². The molecule has 0 atom stereocenters. The van der Waals surface area contributed by atoms with Gasteiger partial charge in [0.15, 0.2) is 0 Å². The van der Waals surface area contributed by atoms with Crippen LogP contribution in [0.15, 0.2) is 76.2 Å². The van der Waals surface area contributed by atoms with Crippen LogP contribution in [-0.4, -0.2) is 14.1 Å².